The second-order valence-electron chi connectivity index (χ2n) is 6.57. The van der Waals surface area contributed by atoms with Crippen LogP contribution in [0.5, 0.6) is 11.5 Å². The van der Waals surface area contributed by atoms with Crippen LogP contribution in [0.1, 0.15) is 27.0 Å². The molecule has 0 unspecified atom stereocenters. The van der Waals surface area contributed by atoms with Crippen LogP contribution >= 0.6 is 0 Å². The molecule has 0 saturated heterocycles. The van der Waals surface area contributed by atoms with Crippen molar-refractivity contribution in [3.63, 3.8) is 0 Å². The van der Waals surface area contributed by atoms with Gasteiger partial charge in [-0.25, -0.2) is 9.59 Å². The normalized spacial score (nSPS) is 10.3. The molecular formula is C24H22O5. The fourth-order valence-corrected chi connectivity index (χ4v) is 2.78. The Morgan fingerprint density at radius 1 is 0.793 bits per heavy atom. The van der Waals surface area contributed by atoms with Crippen LogP contribution in [0.25, 0.3) is 0 Å². The summed E-state index contributed by atoms with van der Waals surface area (Å²) in [5, 5.41) is 0. The minimum absolute atomic E-state index is 0.200. The molecule has 0 fully saturated rings. The Bertz CT molecular complexity index is 958. The van der Waals surface area contributed by atoms with Gasteiger partial charge in [-0.15, -0.1) is 0 Å². The molecule has 0 atom stereocenters. The van der Waals surface area contributed by atoms with Crippen molar-refractivity contribution in [3.8, 4) is 11.5 Å². The first-order valence-electron chi connectivity index (χ1n) is 9.24. The predicted molar refractivity (Wildman–Crippen MR) is 109 cm³/mol. The Kier molecular flexibility index (Phi) is 6.63. The predicted octanol–water partition coefficient (Wildman–Crippen LogP) is 4.64. The summed E-state index contributed by atoms with van der Waals surface area (Å²) < 4.78 is 16.1. The zero-order valence-electron chi connectivity index (χ0n) is 16.4. The molecule has 29 heavy (non-hydrogen) atoms. The van der Waals surface area contributed by atoms with Crippen molar-refractivity contribution in [2.45, 2.75) is 20.5 Å². The number of hydrogen-bond donors (Lipinski definition) is 0. The highest BCUT2D eigenvalue weighted by Crippen LogP contribution is 2.22. The van der Waals surface area contributed by atoms with Gasteiger partial charge in [0.1, 0.15) is 18.1 Å². The van der Waals surface area contributed by atoms with Crippen molar-refractivity contribution in [1.82, 2.24) is 0 Å². The van der Waals surface area contributed by atoms with Gasteiger partial charge < -0.3 is 14.2 Å². The first kappa shape index (κ1) is 20.1. The monoisotopic (exact) mass is 390 g/mol. The van der Waals surface area contributed by atoms with Gasteiger partial charge in [0.2, 0.25) is 0 Å². The summed E-state index contributed by atoms with van der Waals surface area (Å²) in [4.78, 5) is 24.2. The average molecular weight is 390 g/mol. The highest BCUT2D eigenvalue weighted by molar-refractivity contribution is 5.89. The zero-order valence-corrected chi connectivity index (χ0v) is 16.4. The molecule has 0 aliphatic carbocycles. The molecule has 3 aromatic rings. The molecule has 0 radical (unpaired) electrons. The smallest absolute Gasteiger partial charge is 0.349 e. The maximum absolute atomic E-state index is 12.1. The molecule has 0 aliphatic rings. The van der Waals surface area contributed by atoms with E-state index in [9.17, 15) is 9.59 Å². The van der Waals surface area contributed by atoms with E-state index in [-0.39, 0.29) is 13.2 Å². The number of carbonyl (C=O) groups is 2. The van der Waals surface area contributed by atoms with E-state index in [0.29, 0.717) is 17.1 Å². The van der Waals surface area contributed by atoms with Gasteiger partial charge in [-0.2, -0.15) is 0 Å². The highest BCUT2D eigenvalue weighted by Gasteiger charge is 2.11. The summed E-state index contributed by atoms with van der Waals surface area (Å²) in [5.74, 6) is 0.0535. The molecule has 3 rings (SSSR count). The molecule has 0 aliphatic heterocycles. The lowest BCUT2D eigenvalue weighted by Gasteiger charge is -2.11. The lowest BCUT2D eigenvalue weighted by Crippen LogP contribution is -2.18. The Balaban J connectivity index is 1.50. The molecule has 0 amide bonds. The van der Waals surface area contributed by atoms with E-state index in [0.717, 1.165) is 16.7 Å². The van der Waals surface area contributed by atoms with Gasteiger partial charge >= 0.3 is 11.9 Å². The maximum atomic E-state index is 12.1. The summed E-state index contributed by atoms with van der Waals surface area (Å²) in [6, 6.07) is 21.4. The minimum Gasteiger partial charge on any atom is -0.481 e. The topological polar surface area (TPSA) is 61.8 Å². The van der Waals surface area contributed by atoms with Crippen molar-refractivity contribution < 1.29 is 23.8 Å². The lowest BCUT2D eigenvalue weighted by molar-refractivity contribution is -0.136. The third-order valence-corrected chi connectivity index (χ3v) is 4.28. The Morgan fingerprint density at radius 3 is 2.10 bits per heavy atom. The van der Waals surface area contributed by atoms with Gasteiger partial charge in [-0.1, -0.05) is 48.5 Å². The van der Waals surface area contributed by atoms with Crippen molar-refractivity contribution >= 4 is 11.9 Å². The summed E-state index contributed by atoms with van der Waals surface area (Å²) in [6.07, 6.45) is 0. The van der Waals surface area contributed by atoms with Gasteiger partial charge in [0.05, 0.1) is 5.56 Å². The molecule has 0 bridgehead atoms. The number of ether oxygens (including phenoxy) is 3. The summed E-state index contributed by atoms with van der Waals surface area (Å²) in [7, 11) is 0. The summed E-state index contributed by atoms with van der Waals surface area (Å²) >= 11 is 0. The third-order valence-electron chi connectivity index (χ3n) is 4.28. The van der Waals surface area contributed by atoms with E-state index in [1.807, 2.05) is 62.4 Å². The second-order valence-corrected chi connectivity index (χ2v) is 6.57. The van der Waals surface area contributed by atoms with Gasteiger partial charge in [0.25, 0.3) is 0 Å². The fraction of sp³-hybridized carbons (Fsp3) is 0.167. The number of benzene rings is 3. The summed E-state index contributed by atoms with van der Waals surface area (Å²) in [6.45, 7) is 3.84. The largest absolute Gasteiger partial charge is 0.481 e. The molecule has 0 saturated carbocycles. The van der Waals surface area contributed by atoms with E-state index < -0.39 is 11.9 Å². The standard InChI is InChI=1S/C24H22O5/c1-17-7-6-8-18(2)23(17)27-16-22(25)29-21-13-11-20(12-14-21)24(26)28-15-19-9-4-3-5-10-19/h3-14H,15-16H2,1-2H3. The second kappa shape index (κ2) is 9.55. The molecule has 5 heteroatoms. The van der Waals surface area contributed by atoms with Gasteiger partial charge in [0.15, 0.2) is 6.61 Å². The molecule has 0 aromatic heterocycles. The number of aryl methyl sites for hydroxylation is 2. The van der Waals surface area contributed by atoms with Crippen LogP contribution in [0.4, 0.5) is 0 Å². The van der Waals surface area contributed by atoms with Crippen LogP contribution in [-0.4, -0.2) is 18.5 Å². The maximum Gasteiger partial charge on any atom is 0.349 e. The first-order chi connectivity index (χ1) is 14.0. The van der Waals surface area contributed by atoms with Crippen LogP contribution in [0, 0.1) is 13.8 Å². The van der Waals surface area contributed by atoms with E-state index >= 15 is 0 Å². The Labute approximate surface area is 169 Å². The van der Waals surface area contributed by atoms with Crippen molar-refractivity contribution in [2.24, 2.45) is 0 Å². The number of esters is 2. The molecule has 0 N–H and O–H groups in total. The Hall–Kier alpha value is -3.60. The van der Waals surface area contributed by atoms with E-state index in [1.54, 1.807) is 24.3 Å². The third kappa shape index (κ3) is 5.69. The number of para-hydroxylation sites is 1. The quantitative estimate of drug-likeness (QED) is 0.434. The van der Waals surface area contributed by atoms with Crippen LogP contribution in [0.3, 0.4) is 0 Å². The molecule has 0 spiro atoms. The molecule has 5 nitrogen and oxygen atoms in total. The SMILES string of the molecule is Cc1cccc(C)c1OCC(=O)Oc1ccc(C(=O)OCc2ccccc2)cc1. The highest BCUT2D eigenvalue weighted by atomic mass is 16.6. The Morgan fingerprint density at radius 2 is 1.45 bits per heavy atom. The lowest BCUT2D eigenvalue weighted by atomic mass is 10.1. The van der Waals surface area contributed by atoms with E-state index in [4.69, 9.17) is 14.2 Å². The molecule has 0 heterocycles. The first-order valence-corrected chi connectivity index (χ1v) is 9.24. The van der Waals surface area contributed by atoms with Crippen LogP contribution in [0.2, 0.25) is 0 Å². The number of hydrogen-bond acceptors (Lipinski definition) is 5. The number of carbonyl (C=O) groups excluding carboxylic acids is 2. The number of rotatable bonds is 7. The molecule has 148 valence electrons. The average Bonchev–Trinajstić information content (AvgIpc) is 2.73. The molecule has 3 aromatic carbocycles. The van der Waals surface area contributed by atoms with Crippen molar-refractivity contribution in [2.75, 3.05) is 6.61 Å². The summed E-state index contributed by atoms with van der Waals surface area (Å²) in [5.41, 5.74) is 3.20. The zero-order chi connectivity index (χ0) is 20.6. The van der Waals surface area contributed by atoms with E-state index in [2.05, 4.69) is 0 Å². The van der Waals surface area contributed by atoms with Gasteiger partial charge in [-0.3, -0.25) is 0 Å². The van der Waals surface area contributed by atoms with Crippen LogP contribution in [0.15, 0.2) is 72.8 Å². The van der Waals surface area contributed by atoms with Crippen LogP contribution in [-0.2, 0) is 16.1 Å². The van der Waals surface area contributed by atoms with Crippen LogP contribution < -0.4 is 9.47 Å². The fourth-order valence-electron chi connectivity index (χ4n) is 2.78. The van der Waals surface area contributed by atoms with E-state index in [1.165, 1.54) is 0 Å². The minimum atomic E-state index is -0.521. The molecular weight excluding hydrogens is 368 g/mol. The van der Waals surface area contributed by atoms with Crippen molar-refractivity contribution in [1.29, 1.82) is 0 Å². The van der Waals surface area contributed by atoms with Gasteiger partial charge in [0, 0.05) is 0 Å². The van der Waals surface area contributed by atoms with Crippen molar-refractivity contribution in [3.05, 3.63) is 95.1 Å². The van der Waals surface area contributed by atoms with Gasteiger partial charge in [-0.05, 0) is 54.8 Å².